The van der Waals surface area contributed by atoms with Gasteiger partial charge in [-0.2, -0.15) is 13.2 Å². The van der Waals surface area contributed by atoms with Crippen molar-refractivity contribution in [1.82, 2.24) is 0 Å². The van der Waals surface area contributed by atoms with Gasteiger partial charge in [0.2, 0.25) is 0 Å². The monoisotopic (exact) mass is 222 g/mol. The Hall–Kier alpha value is -1.46. The van der Waals surface area contributed by atoms with Gasteiger partial charge in [0.1, 0.15) is 5.76 Å². The molecule has 3 nitrogen and oxygen atoms in total. The average molecular weight is 222 g/mol. The van der Waals surface area contributed by atoms with Crippen LogP contribution in [0.1, 0.15) is 24.5 Å². The fourth-order valence-electron chi connectivity index (χ4n) is 1.29. The summed E-state index contributed by atoms with van der Waals surface area (Å²) in [5.74, 6) is -2.38. The van der Waals surface area contributed by atoms with Crippen molar-refractivity contribution in [2.75, 3.05) is 0 Å². The Bertz CT molecular complexity index is 316. The van der Waals surface area contributed by atoms with Gasteiger partial charge in [0, 0.05) is 5.92 Å². The zero-order valence-corrected chi connectivity index (χ0v) is 7.62. The van der Waals surface area contributed by atoms with E-state index >= 15 is 0 Å². The van der Waals surface area contributed by atoms with E-state index in [-0.39, 0.29) is 5.76 Å². The highest BCUT2D eigenvalue weighted by Gasteiger charge is 2.34. The van der Waals surface area contributed by atoms with Crippen molar-refractivity contribution in [3.8, 4) is 0 Å². The lowest BCUT2D eigenvalue weighted by atomic mass is 9.98. The number of hydrogen-bond donors (Lipinski definition) is 1. The lowest BCUT2D eigenvalue weighted by Crippen LogP contribution is -2.16. The number of carbonyl (C=O) groups is 1. The van der Waals surface area contributed by atoms with E-state index in [1.807, 2.05) is 0 Å². The summed E-state index contributed by atoms with van der Waals surface area (Å²) in [5.41, 5.74) is 0. The van der Waals surface area contributed by atoms with Crippen molar-refractivity contribution in [1.29, 1.82) is 0 Å². The first kappa shape index (κ1) is 11.6. The second-order valence-electron chi connectivity index (χ2n) is 3.13. The summed E-state index contributed by atoms with van der Waals surface area (Å²) in [5, 5.41) is 8.47. The van der Waals surface area contributed by atoms with Gasteiger partial charge in [0.25, 0.3) is 0 Å². The highest BCUT2D eigenvalue weighted by Crippen LogP contribution is 2.33. The molecule has 0 saturated carbocycles. The Labute approximate surface area is 83.5 Å². The Morgan fingerprint density at radius 1 is 1.53 bits per heavy atom. The molecule has 0 aliphatic heterocycles. The number of aliphatic carboxylic acids is 1. The van der Waals surface area contributed by atoms with E-state index in [0.717, 1.165) is 0 Å². The molecule has 1 atom stereocenters. The predicted octanol–water partition coefficient (Wildman–Crippen LogP) is 2.79. The first-order valence-corrected chi connectivity index (χ1v) is 4.20. The maximum Gasteiger partial charge on any atom is 0.389 e. The van der Waals surface area contributed by atoms with Crippen molar-refractivity contribution >= 4 is 5.97 Å². The van der Waals surface area contributed by atoms with Gasteiger partial charge >= 0.3 is 12.1 Å². The molecule has 1 unspecified atom stereocenters. The van der Waals surface area contributed by atoms with E-state index in [1.165, 1.54) is 18.4 Å². The highest BCUT2D eigenvalue weighted by atomic mass is 19.4. The summed E-state index contributed by atoms with van der Waals surface area (Å²) in [6.45, 7) is 0. The molecule has 0 aliphatic carbocycles. The van der Waals surface area contributed by atoms with Gasteiger partial charge < -0.3 is 9.52 Å². The number of rotatable bonds is 4. The fraction of sp³-hybridized carbons (Fsp3) is 0.444. The zero-order chi connectivity index (χ0) is 11.5. The number of carboxylic acids is 1. The molecule has 1 aromatic rings. The van der Waals surface area contributed by atoms with E-state index in [4.69, 9.17) is 9.52 Å². The van der Waals surface area contributed by atoms with Crippen LogP contribution in [-0.2, 0) is 4.79 Å². The molecule has 15 heavy (non-hydrogen) atoms. The minimum atomic E-state index is -4.40. The van der Waals surface area contributed by atoms with Gasteiger partial charge in [-0.25, -0.2) is 0 Å². The van der Waals surface area contributed by atoms with Crippen LogP contribution in [0.4, 0.5) is 13.2 Å². The maximum atomic E-state index is 12.1. The van der Waals surface area contributed by atoms with E-state index in [9.17, 15) is 18.0 Å². The van der Waals surface area contributed by atoms with Crippen molar-refractivity contribution in [2.24, 2.45) is 0 Å². The maximum absolute atomic E-state index is 12.1. The molecule has 1 N–H and O–H groups in total. The van der Waals surface area contributed by atoms with E-state index in [1.54, 1.807) is 0 Å². The predicted molar refractivity (Wildman–Crippen MR) is 44.4 cm³/mol. The van der Waals surface area contributed by atoms with Crippen molar-refractivity contribution in [3.05, 3.63) is 24.2 Å². The van der Waals surface area contributed by atoms with Crippen LogP contribution in [0.15, 0.2) is 22.8 Å². The molecule has 0 saturated heterocycles. The van der Waals surface area contributed by atoms with Crippen molar-refractivity contribution < 1.29 is 27.5 Å². The molecule has 0 bridgehead atoms. The van der Waals surface area contributed by atoms with E-state index < -0.39 is 30.9 Å². The van der Waals surface area contributed by atoms with Crippen LogP contribution in [-0.4, -0.2) is 17.3 Å². The van der Waals surface area contributed by atoms with Gasteiger partial charge in [0.05, 0.1) is 19.1 Å². The second-order valence-corrected chi connectivity index (χ2v) is 3.13. The molecule has 0 radical (unpaired) electrons. The van der Waals surface area contributed by atoms with E-state index in [2.05, 4.69) is 0 Å². The van der Waals surface area contributed by atoms with Crippen LogP contribution in [0, 0.1) is 0 Å². The van der Waals surface area contributed by atoms with Gasteiger partial charge in [0.15, 0.2) is 0 Å². The Balaban J connectivity index is 2.75. The number of hydrogen-bond acceptors (Lipinski definition) is 2. The van der Waals surface area contributed by atoms with Crippen LogP contribution < -0.4 is 0 Å². The average Bonchev–Trinajstić information content (AvgIpc) is 2.50. The first-order valence-electron chi connectivity index (χ1n) is 4.20. The molecular weight excluding hydrogens is 213 g/mol. The molecule has 0 aromatic carbocycles. The minimum absolute atomic E-state index is 0.0507. The molecular formula is C9H9F3O3. The van der Waals surface area contributed by atoms with E-state index in [0.29, 0.717) is 0 Å². The summed E-state index contributed by atoms with van der Waals surface area (Å²) < 4.78 is 41.1. The largest absolute Gasteiger partial charge is 0.481 e. The van der Waals surface area contributed by atoms with Gasteiger partial charge in [-0.15, -0.1) is 0 Å². The highest BCUT2D eigenvalue weighted by molar-refractivity contribution is 5.67. The van der Waals surface area contributed by atoms with Crippen LogP contribution >= 0.6 is 0 Å². The molecule has 0 aliphatic rings. The van der Waals surface area contributed by atoms with Crippen molar-refractivity contribution in [2.45, 2.75) is 24.9 Å². The fourth-order valence-corrected chi connectivity index (χ4v) is 1.29. The number of carboxylic acid groups (broad SMARTS) is 1. The first-order chi connectivity index (χ1) is 6.88. The summed E-state index contributed by atoms with van der Waals surface area (Å²) in [6.07, 6.45) is -4.95. The van der Waals surface area contributed by atoms with Crippen LogP contribution in [0.25, 0.3) is 0 Å². The summed E-state index contributed by atoms with van der Waals surface area (Å²) in [6, 6.07) is 2.78. The zero-order valence-electron chi connectivity index (χ0n) is 7.62. The standard InChI is InChI=1S/C9H9F3O3/c10-9(11,12)5-6(4-8(13)14)7-2-1-3-15-7/h1-3,6H,4-5H2,(H,13,14). The number of halogens is 3. The normalized spacial score (nSPS) is 13.8. The quantitative estimate of drug-likeness (QED) is 0.852. The molecule has 0 amide bonds. The van der Waals surface area contributed by atoms with Gasteiger partial charge in [-0.1, -0.05) is 0 Å². The van der Waals surface area contributed by atoms with Gasteiger partial charge in [-0.3, -0.25) is 4.79 Å². The molecule has 0 fully saturated rings. The lowest BCUT2D eigenvalue weighted by Gasteiger charge is -2.14. The summed E-state index contributed by atoms with van der Waals surface area (Å²) >= 11 is 0. The molecule has 84 valence electrons. The number of alkyl halides is 3. The van der Waals surface area contributed by atoms with Crippen LogP contribution in [0.2, 0.25) is 0 Å². The van der Waals surface area contributed by atoms with Crippen LogP contribution in [0.3, 0.4) is 0 Å². The molecule has 0 spiro atoms. The molecule has 1 aromatic heterocycles. The molecule has 1 heterocycles. The smallest absolute Gasteiger partial charge is 0.389 e. The second kappa shape index (κ2) is 4.37. The van der Waals surface area contributed by atoms with Crippen molar-refractivity contribution in [3.63, 3.8) is 0 Å². The summed E-state index contributed by atoms with van der Waals surface area (Å²) in [7, 11) is 0. The molecule has 6 heteroatoms. The third kappa shape index (κ3) is 4.05. The molecule has 1 rings (SSSR count). The third-order valence-corrected chi connectivity index (χ3v) is 1.84. The van der Waals surface area contributed by atoms with Gasteiger partial charge in [-0.05, 0) is 12.1 Å². The summed E-state index contributed by atoms with van der Waals surface area (Å²) in [4.78, 5) is 10.4. The third-order valence-electron chi connectivity index (χ3n) is 1.84. The number of furan rings is 1. The lowest BCUT2D eigenvalue weighted by molar-refractivity contribution is -0.146. The Kier molecular flexibility index (Phi) is 3.39. The topological polar surface area (TPSA) is 50.4 Å². The Morgan fingerprint density at radius 2 is 2.20 bits per heavy atom. The van der Waals surface area contributed by atoms with Crippen LogP contribution in [0.5, 0.6) is 0 Å². The SMILES string of the molecule is O=C(O)CC(CC(F)(F)F)c1ccco1. The minimum Gasteiger partial charge on any atom is -0.481 e. The Morgan fingerprint density at radius 3 is 2.60 bits per heavy atom.